The van der Waals surface area contributed by atoms with Gasteiger partial charge in [0.1, 0.15) is 5.69 Å². The van der Waals surface area contributed by atoms with Crippen molar-refractivity contribution in [3.63, 3.8) is 0 Å². The number of hydrogen-bond acceptors (Lipinski definition) is 4. The van der Waals surface area contributed by atoms with Crippen molar-refractivity contribution < 1.29 is 4.79 Å². The van der Waals surface area contributed by atoms with E-state index >= 15 is 0 Å². The Labute approximate surface area is 123 Å². The number of carbonyl (C=O) groups excluding carboxylic acids is 1. The molecule has 0 N–H and O–H groups in total. The van der Waals surface area contributed by atoms with Gasteiger partial charge in [0.15, 0.2) is 5.82 Å². The van der Waals surface area contributed by atoms with Crippen LogP contribution in [0, 0.1) is 6.92 Å². The minimum atomic E-state index is -0.0480. The summed E-state index contributed by atoms with van der Waals surface area (Å²) in [5.74, 6) is 0.699. The third kappa shape index (κ3) is 2.79. The molecule has 21 heavy (non-hydrogen) atoms. The zero-order valence-electron chi connectivity index (χ0n) is 12.4. The maximum Gasteiger partial charge on any atom is 0.274 e. The van der Waals surface area contributed by atoms with Gasteiger partial charge in [-0.25, -0.2) is 9.97 Å². The molecule has 2 aromatic rings. The zero-order valence-corrected chi connectivity index (χ0v) is 12.4. The summed E-state index contributed by atoms with van der Waals surface area (Å²) in [5, 5.41) is 4.22. The van der Waals surface area contributed by atoms with E-state index in [1.54, 1.807) is 23.1 Å². The van der Waals surface area contributed by atoms with Crippen molar-refractivity contribution in [3.8, 4) is 0 Å². The minimum Gasteiger partial charge on any atom is -0.327 e. The first-order valence-electron chi connectivity index (χ1n) is 7.25. The van der Waals surface area contributed by atoms with E-state index in [1.807, 2.05) is 24.9 Å². The molecular formula is C15H19N5O. The smallest absolute Gasteiger partial charge is 0.274 e. The third-order valence-corrected chi connectivity index (χ3v) is 3.81. The Morgan fingerprint density at radius 1 is 1.33 bits per heavy atom. The van der Waals surface area contributed by atoms with Gasteiger partial charge < -0.3 is 4.90 Å². The fourth-order valence-corrected chi connectivity index (χ4v) is 2.75. The van der Waals surface area contributed by atoms with Crippen molar-refractivity contribution in [1.82, 2.24) is 24.6 Å². The Bertz CT molecular complexity index is 651. The van der Waals surface area contributed by atoms with Crippen molar-refractivity contribution in [1.29, 1.82) is 0 Å². The normalized spacial score (nSPS) is 18.8. The van der Waals surface area contributed by atoms with Crippen molar-refractivity contribution in [3.05, 3.63) is 41.7 Å². The highest BCUT2D eigenvalue weighted by atomic mass is 16.2. The minimum absolute atomic E-state index is 0.0367. The summed E-state index contributed by atoms with van der Waals surface area (Å²) >= 11 is 0. The number of aromatic nitrogens is 4. The molecule has 0 bridgehead atoms. The van der Waals surface area contributed by atoms with Crippen LogP contribution >= 0.6 is 0 Å². The lowest BCUT2D eigenvalue weighted by molar-refractivity contribution is 0.0592. The average molecular weight is 285 g/mol. The standard InChI is InChI=1S/C15H19N5O/c1-11-6-8-16-14(17-11)13-5-3-4-9-20(13)15(21)12-7-10-19(2)18-12/h6-8,10,13H,3-5,9H2,1-2H3. The summed E-state index contributed by atoms with van der Waals surface area (Å²) in [7, 11) is 1.81. The molecule has 1 atom stereocenters. The highest BCUT2D eigenvalue weighted by molar-refractivity contribution is 5.92. The van der Waals surface area contributed by atoms with Crippen LogP contribution < -0.4 is 0 Å². The fraction of sp³-hybridized carbons (Fsp3) is 0.467. The molecule has 1 aliphatic rings. The Balaban J connectivity index is 1.89. The Kier molecular flexibility index (Phi) is 3.68. The van der Waals surface area contributed by atoms with E-state index in [-0.39, 0.29) is 11.9 Å². The number of amides is 1. The maximum absolute atomic E-state index is 12.7. The van der Waals surface area contributed by atoms with E-state index in [9.17, 15) is 4.79 Å². The van der Waals surface area contributed by atoms with Crippen LogP contribution in [-0.2, 0) is 7.05 Å². The topological polar surface area (TPSA) is 63.9 Å². The van der Waals surface area contributed by atoms with E-state index in [4.69, 9.17) is 0 Å². The van der Waals surface area contributed by atoms with Crippen molar-refractivity contribution in [2.45, 2.75) is 32.2 Å². The van der Waals surface area contributed by atoms with Crippen LogP contribution in [0.5, 0.6) is 0 Å². The van der Waals surface area contributed by atoms with Crippen LogP contribution in [-0.4, -0.2) is 37.1 Å². The molecule has 1 aliphatic heterocycles. The number of rotatable bonds is 2. The summed E-state index contributed by atoms with van der Waals surface area (Å²) in [6.45, 7) is 2.68. The molecule has 1 unspecified atom stereocenters. The monoisotopic (exact) mass is 285 g/mol. The van der Waals surface area contributed by atoms with Crippen molar-refractivity contribution in [2.24, 2.45) is 7.05 Å². The summed E-state index contributed by atoms with van der Waals surface area (Å²) in [6, 6.07) is 3.58. The number of nitrogens with zero attached hydrogens (tertiary/aromatic N) is 5. The van der Waals surface area contributed by atoms with Gasteiger partial charge in [-0.05, 0) is 38.3 Å². The Morgan fingerprint density at radius 2 is 2.19 bits per heavy atom. The van der Waals surface area contributed by atoms with Crippen LogP contribution in [0.3, 0.4) is 0 Å². The first-order chi connectivity index (χ1) is 10.1. The predicted molar refractivity (Wildman–Crippen MR) is 77.6 cm³/mol. The Hall–Kier alpha value is -2.24. The van der Waals surface area contributed by atoms with Crippen LogP contribution in [0.15, 0.2) is 24.5 Å². The first kappa shape index (κ1) is 13.7. The Morgan fingerprint density at radius 3 is 2.90 bits per heavy atom. The van der Waals surface area contributed by atoms with E-state index in [0.717, 1.165) is 37.3 Å². The second-order valence-corrected chi connectivity index (χ2v) is 5.44. The molecule has 1 saturated heterocycles. The SMILES string of the molecule is Cc1ccnc(C2CCCCN2C(=O)c2ccn(C)n2)n1. The summed E-state index contributed by atoms with van der Waals surface area (Å²) in [4.78, 5) is 23.4. The molecule has 0 aromatic carbocycles. The average Bonchev–Trinajstić information content (AvgIpc) is 2.93. The molecule has 0 spiro atoms. The molecule has 6 nitrogen and oxygen atoms in total. The number of hydrogen-bond donors (Lipinski definition) is 0. The first-order valence-corrected chi connectivity index (χ1v) is 7.25. The van der Waals surface area contributed by atoms with Crippen molar-refractivity contribution >= 4 is 5.91 Å². The summed E-state index contributed by atoms with van der Waals surface area (Å²) in [6.07, 6.45) is 6.56. The number of aryl methyl sites for hydroxylation is 2. The lowest BCUT2D eigenvalue weighted by Crippen LogP contribution is -2.39. The van der Waals surface area contributed by atoms with E-state index in [1.165, 1.54) is 0 Å². The van der Waals surface area contributed by atoms with Gasteiger partial charge in [-0.1, -0.05) is 0 Å². The van der Waals surface area contributed by atoms with Crippen LogP contribution in [0.2, 0.25) is 0 Å². The molecule has 0 radical (unpaired) electrons. The maximum atomic E-state index is 12.7. The van der Waals surface area contributed by atoms with Gasteiger partial charge in [0.25, 0.3) is 5.91 Å². The van der Waals surface area contributed by atoms with E-state index in [2.05, 4.69) is 15.1 Å². The van der Waals surface area contributed by atoms with E-state index in [0.29, 0.717) is 5.69 Å². The largest absolute Gasteiger partial charge is 0.327 e. The molecule has 1 fully saturated rings. The molecule has 3 rings (SSSR count). The van der Waals surface area contributed by atoms with Gasteiger partial charge in [-0.3, -0.25) is 9.48 Å². The highest BCUT2D eigenvalue weighted by Gasteiger charge is 2.31. The van der Waals surface area contributed by atoms with Crippen LogP contribution in [0.1, 0.15) is 47.3 Å². The zero-order chi connectivity index (χ0) is 14.8. The van der Waals surface area contributed by atoms with Gasteiger partial charge >= 0.3 is 0 Å². The number of carbonyl (C=O) groups is 1. The van der Waals surface area contributed by atoms with Gasteiger partial charge in [0.05, 0.1) is 6.04 Å². The molecular weight excluding hydrogens is 266 g/mol. The second kappa shape index (κ2) is 5.63. The number of likely N-dealkylation sites (tertiary alicyclic amines) is 1. The molecule has 2 aromatic heterocycles. The third-order valence-electron chi connectivity index (χ3n) is 3.81. The molecule has 110 valence electrons. The second-order valence-electron chi connectivity index (χ2n) is 5.44. The van der Waals surface area contributed by atoms with Gasteiger partial charge in [0.2, 0.25) is 0 Å². The predicted octanol–water partition coefficient (Wildman–Crippen LogP) is 1.89. The number of piperidine rings is 1. The van der Waals surface area contributed by atoms with Crippen molar-refractivity contribution in [2.75, 3.05) is 6.54 Å². The van der Waals surface area contributed by atoms with Crippen LogP contribution in [0.4, 0.5) is 0 Å². The lowest BCUT2D eigenvalue weighted by Gasteiger charge is -2.34. The molecule has 0 aliphatic carbocycles. The molecule has 1 amide bonds. The van der Waals surface area contributed by atoms with Gasteiger partial charge in [-0.2, -0.15) is 5.10 Å². The summed E-state index contributed by atoms with van der Waals surface area (Å²) in [5.41, 5.74) is 1.41. The van der Waals surface area contributed by atoms with Gasteiger partial charge in [-0.15, -0.1) is 0 Å². The lowest BCUT2D eigenvalue weighted by atomic mass is 10.0. The molecule has 3 heterocycles. The van der Waals surface area contributed by atoms with Gasteiger partial charge in [0, 0.05) is 31.7 Å². The molecule has 6 heteroatoms. The highest BCUT2D eigenvalue weighted by Crippen LogP contribution is 2.29. The quantitative estimate of drug-likeness (QED) is 0.845. The molecule has 0 saturated carbocycles. The fourth-order valence-electron chi connectivity index (χ4n) is 2.75. The van der Waals surface area contributed by atoms with Crippen LogP contribution in [0.25, 0.3) is 0 Å². The van der Waals surface area contributed by atoms with E-state index < -0.39 is 0 Å². The summed E-state index contributed by atoms with van der Waals surface area (Å²) < 4.78 is 1.65.